The van der Waals surface area contributed by atoms with Crippen molar-refractivity contribution >= 4 is 0 Å². The number of allylic oxidation sites excluding steroid dienone is 1. The first-order chi connectivity index (χ1) is 12.5. The Labute approximate surface area is 163 Å². The van der Waals surface area contributed by atoms with Crippen molar-refractivity contribution in [3.63, 3.8) is 0 Å². The highest BCUT2D eigenvalue weighted by Crippen LogP contribution is 2.45. The lowest BCUT2D eigenvalue weighted by Crippen LogP contribution is -2.43. The molecule has 0 aromatic rings. The standard InChI is InChI=1S/C19H38O3.C4H8/c1-5-9-10-11-12-13-14-15-19(6-2,17-16-22-17)18(20-7-3)21-8-4;1-4(2)3/h17-18H,5-16H2,1-4H3;1H2,2-3H3. The van der Waals surface area contributed by atoms with Gasteiger partial charge in [0.25, 0.3) is 0 Å². The van der Waals surface area contributed by atoms with Crippen molar-refractivity contribution in [3.8, 4) is 0 Å². The number of hydrogen-bond donors (Lipinski definition) is 0. The van der Waals surface area contributed by atoms with Crippen LogP contribution < -0.4 is 0 Å². The molecule has 3 nitrogen and oxygen atoms in total. The molecule has 156 valence electrons. The molecule has 0 bridgehead atoms. The van der Waals surface area contributed by atoms with Gasteiger partial charge in [0.2, 0.25) is 0 Å². The lowest BCUT2D eigenvalue weighted by molar-refractivity contribution is -0.213. The molecule has 1 heterocycles. The molecule has 1 aliphatic rings. The molecule has 0 saturated carbocycles. The van der Waals surface area contributed by atoms with Gasteiger partial charge in [-0.1, -0.05) is 64.4 Å². The predicted molar refractivity (Wildman–Crippen MR) is 113 cm³/mol. The average Bonchev–Trinajstić information content (AvgIpc) is 3.43. The van der Waals surface area contributed by atoms with Gasteiger partial charge >= 0.3 is 0 Å². The van der Waals surface area contributed by atoms with Crippen LogP contribution in [-0.2, 0) is 14.2 Å². The van der Waals surface area contributed by atoms with E-state index < -0.39 is 0 Å². The van der Waals surface area contributed by atoms with Gasteiger partial charge in [0.15, 0.2) is 6.29 Å². The molecule has 0 amide bonds. The molecular formula is C23H46O3. The first-order valence-electron chi connectivity index (χ1n) is 10.9. The van der Waals surface area contributed by atoms with Gasteiger partial charge in [0, 0.05) is 18.6 Å². The van der Waals surface area contributed by atoms with Gasteiger partial charge in [0.05, 0.1) is 12.7 Å². The Balaban J connectivity index is 0.00000141. The second-order valence-corrected chi connectivity index (χ2v) is 7.73. The monoisotopic (exact) mass is 370 g/mol. The fraction of sp³-hybridized carbons (Fsp3) is 0.913. The van der Waals surface area contributed by atoms with Crippen molar-refractivity contribution in [2.45, 2.75) is 112 Å². The highest BCUT2D eigenvalue weighted by molar-refractivity contribution is 4.95. The lowest BCUT2D eigenvalue weighted by Gasteiger charge is -2.38. The zero-order valence-electron chi connectivity index (χ0n) is 18.6. The van der Waals surface area contributed by atoms with Crippen molar-refractivity contribution in [1.29, 1.82) is 0 Å². The summed E-state index contributed by atoms with van der Waals surface area (Å²) in [6.45, 7) is 18.4. The lowest BCUT2D eigenvalue weighted by atomic mass is 9.76. The molecule has 1 rings (SSSR count). The quantitative estimate of drug-likeness (QED) is 0.136. The zero-order chi connectivity index (χ0) is 19.8. The summed E-state index contributed by atoms with van der Waals surface area (Å²) in [6, 6.07) is 0. The Kier molecular flexibility index (Phi) is 15.4. The van der Waals surface area contributed by atoms with Gasteiger partial charge in [-0.3, -0.25) is 0 Å². The molecule has 26 heavy (non-hydrogen) atoms. The van der Waals surface area contributed by atoms with E-state index in [2.05, 4.69) is 20.4 Å². The first-order valence-corrected chi connectivity index (χ1v) is 10.9. The van der Waals surface area contributed by atoms with Crippen molar-refractivity contribution < 1.29 is 14.2 Å². The van der Waals surface area contributed by atoms with Crippen LogP contribution in [0.5, 0.6) is 0 Å². The van der Waals surface area contributed by atoms with E-state index in [4.69, 9.17) is 14.2 Å². The summed E-state index contributed by atoms with van der Waals surface area (Å²) in [5.41, 5.74) is 1.22. The van der Waals surface area contributed by atoms with E-state index in [1.54, 1.807) is 0 Å². The fourth-order valence-corrected chi connectivity index (χ4v) is 3.48. The second-order valence-electron chi connectivity index (χ2n) is 7.73. The van der Waals surface area contributed by atoms with E-state index in [1.807, 2.05) is 27.7 Å². The van der Waals surface area contributed by atoms with E-state index >= 15 is 0 Å². The van der Waals surface area contributed by atoms with E-state index in [0.717, 1.165) is 19.4 Å². The van der Waals surface area contributed by atoms with Crippen LogP contribution in [0.25, 0.3) is 0 Å². The van der Waals surface area contributed by atoms with Crippen LogP contribution in [0.1, 0.15) is 99.3 Å². The normalized spacial score (nSPS) is 18.2. The van der Waals surface area contributed by atoms with Crippen LogP contribution in [0, 0.1) is 5.41 Å². The molecule has 0 aromatic heterocycles. The molecule has 3 heteroatoms. The summed E-state index contributed by atoms with van der Waals surface area (Å²) in [6.07, 6.45) is 11.9. The Hall–Kier alpha value is -0.380. The second kappa shape index (κ2) is 15.7. The fourth-order valence-electron chi connectivity index (χ4n) is 3.48. The maximum absolute atomic E-state index is 5.95. The van der Waals surface area contributed by atoms with Crippen LogP contribution in [0.3, 0.4) is 0 Å². The molecule has 0 radical (unpaired) electrons. The van der Waals surface area contributed by atoms with Gasteiger partial charge in [-0.05, 0) is 40.5 Å². The Morgan fingerprint density at radius 1 is 0.962 bits per heavy atom. The summed E-state index contributed by atoms with van der Waals surface area (Å²) in [4.78, 5) is 0. The highest BCUT2D eigenvalue weighted by Gasteiger charge is 2.51. The number of rotatable bonds is 15. The van der Waals surface area contributed by atoms with Crippen molar-refractivity contribution in [1.82, 2.24) is 0 Å². The number of hydrogen-bond acceptors (Lipinski definition) is 3. The predicted octanol–water partition coefficient (Wildman–Crippen LogP) is 6.90. The summed E-state index contributed by atoms with van der Waals surface area (Å²) in [7, 11) is 0. The number of epoxide rings is 1. The van der Waals surface area contributed by atoms with Gasteiger partial charge < -0.3 is 14.2 Å². The van der Waals surface area contributed by atoms with E-state index in [9.17, 15) is 0 Å². The van der Waals surface area contributed by atoms with Crippen molar-refractivity contribution in [2.75, 3.05) is 19.8 Å². The molecule has 0 aliphatic carbocycles. The minimum atomic E-state index is -0.111. The Morgan fingerprint density at radius 2 is 1.42 bits per heavy atom. The largest absolute Gasteiger partial charge is 0.372 e. The molecule has 0 N–H and O–H groups in total. The SMILES string of the molecule is C=C(C)C.CCCCCCCCCC(CC)(C1CO1)C(OCC)OCC. The summed E-state index contributed by atoms with van der Waals surface area (Å²) in [5, 5.41) is 0. The highest BCUT2D eigenvalue weighted by atomic mass is 16.7. The molecule has 0 aromatic carbocycles. The first kappa shape index (κ1) is 25.6. The van der Waals surface area contributed by atoms with E-state index in [1.165, 1.54) is 50.5 Å². The molecule has 2 unspecified atom stereocenters. The number of unbranched alkanes of at least 4 members (excludes halogenated alkanes) is 6. The molecule has 1 saturated heterocycles. The number of ether oxygens (including phenoxy) is 3. The zero-order valence-corrected chi connectivity index (χ0v) is 18.6. The van der Waals surface area contributed by atoms with Crippen molar-refractivity contribution in [3.05, 3.63) is 12.2 Å². The van der Waals surface area contributed by atoms with Crippen LogP contribution in [0.15, 0.2) is 12.2 Å². The maximum Gasteiger partial charge on any atom is 0.165 e. The van der Waals surface area contributed by atoms with Crippen LogP contribution >= 0.6 is 0 Å². The minimum absolute atomic E-state index is 0.0510. The third-order valence-corrected chi connectivity index (χ3v) is 4.98. The molecule has 1 fully saturated rings. The minimum Gasteiger partial charge on any atom is -0.372 e. The third-order valence-electron chi connectivity index (χ3n) is 4.98. The molecule has 0 spiro atoms. The molecule has 1 aliphatic heterocycles. The average molecular weight is 371 g/mol. The summed E-state index contributed by atoms with van der Waals surface area (Å²) >= 11 is 0. The van der Waals surface area contributed by atoms with E-state index in [-0.39, 0.29) is 11.7 Å². The third kappa shape index (κ3) is 10.7. The molecule has 2 atom stereocenters. The Bertz CT molecular complexity index is 328. The van der Waals surface area contributed by atoms with Crippen molar-refractivity contribution in [2.24, 2.45) is 5.41 Å². The summed E-state index contributed by atoms with van der Waals surface area (Å²) in [5.74, 6) is 0. The van der Waals surface area contributed by atoms with Gasteiger partial charge in [-0.2, -0.15) is 0 Å². The van der Waals surface area contributed by atoms with Gasteiger partial charge in [0.1, 0.15) is 0 Å². The topological polar surface area (TPSA) is 31.0 Å². The van der Waals surface area contributed by atoms with Crippen LogP contribution in [0.4, 0.5) is 0 Å². The smallest absolute Gasteiger partial charge is 0.165 e. The molecular weight excluding hydrogens is 324 g/mol. The maximum atomic E-state index is 5.95. The van der Waals surface area contributed by atoms with Gasteiger partial charge in [-0.25, -0.2) is 0 Å². The van der Waals surface area contributed by atoms with E-state index in [0.29, 0.717) is 19.3 Å². The summed E-state index contributed by atoms with van der Waals surface area (Å²) < 4.78 is 17.6. The Morgan fingerprint density at radius 3 is 1.81 bits per heavy atom. The van der Waals surface area contributed by atoms with Gasteiger partial charge in [-0.15, -0.1) is 6.58 Å². The van der Waals surface area contributed by atoms with Crippen LogP contribution in [-0.4, -0.2) is 32.2 Å². The van der Waals surface area contributed by atoms with Crippen LogP contribution in [0.2, 0.25) is 0 Å².